The van der Waals surface area contributed by atoms with E-state index in [1.807, 2.05) is 12.1 Å². The zero-order valence-electron chi connectivity index (χ0n) is 9.14. The van der Waals surface area contributed by atoms with Crippen LogP contribution in [0.25, 0.3) is 0 Å². The Kier molecular flexibility index (Phi) is 3.46. The molecule has 0 spiro atoms. The standard InChI is InChI=1S/C11H15N3OS/c1-8(4-5-9-3-2-6-15-9)14-11-13-7-10(12)16-11/h2-3,6-8H,4-5,12H2,1H3,(H,13,14). The smallest absolute Gasteiger partial charge is 0.184 e. The first-order valence-corrected chi connectivity index (χ1v) is 6.06. The average molecular weight is 237 g/mol. The Balaban J connectivity index is 1.78. The van der Waals surface area contributed by atoms with E-state index in [9.17, 15) is 0 Å². The fourth-order valence-corrected chi connectivity index (χ4v) is 2.14. The molecule has 16 heavy (non-hydrogen) atoms. The van der Waals surface area contributed by atoms with E-state index in [-0.39, 0.29) is 0 Å². The summed E-state index contributed by atoms with van der Waals surface area (Å²) in [7, 11) is 0. The van der Waals surface area contributed by atoms with Crippen LogP contribution >= 0.6 is 11.3 Å². The van der Waals surface area contributed by atoms with Crippen LogP contribution in [0.4, 0.5) is 10.1 Å². The van der Waals surface area contributed by atoms with Gasteiger partial charge in [0.15, 0.2) is 5.13 Å². The molecule has 2 aromatic heterocycles. The largest absolute Gasteiger partial charge is 0.469 e. The molecule has 0 aliphatic rings. The van der Waals surface area contributed by atoms with Crippen LogP contribution in [0.15, 0.2) is 29.0 Å². The third-order valence-electron chi connectivity index (χ3n) is 2.30. The molecular formula is C11H15N3OS. The fraction of sp³-hybridized carbons (Fsp3) is 0.364. The molecule has 2 heterocycles. The molecule has 86 valence electrons. The Labute approximate surface area is 98.5 Å². The van der Waals surface area contributed by atoms with Crippen molar-refractivity contribution in [2.45, 2.75) is 25.8 Å². The third kappa shape index (κ3) is 3.00. The Bertz CT molecular complexity index is 424. The van der Waals surface area contributed by atoms with Crippen LogP contribution in [0.3, 0.4) is 0 Å². The zero-order chi connectivity index (χ0) is 11.4. The van der Waals surface area contributed by atoms with Gasteiger partial charge >= 0.3 is 0 Å². The number of nitrogens with zero attached hydrogens (tertiary/aromatic N) is 1. The minimum atomic E-state index is 0.357. The molecule has 1 atom stereocenters. The Morgan fingerprint density at radius 1 is 1.62 bits per heavy atom. The van der Waals surface area contributed by atoms with Crippen LogP contribution in [-0.2, 0) is 6.42 Å². The van der Waals surface area contributed by atoms with Gasteiger partial charge in [-0.15, -0.1) is 0 Å². The lowest BCUT2D eigenvalue weighted by molar-refractivity contribution is 0.495. The molecule has 1 unspecified atom stereocenters. The van der Waals surface area contributed by atoms with Gasteiger partial charge in [0, 0.05) is 12.5 Å². The van der Waals surface area contributed by atoms with Crippen molar-refractivity contribution < 1.29 is 4.42 Å². The van der Waals surface area contributed by atoms with E-state index in [1.54, 1.807) is 12.5 Å². The summed E-state index contributed by atoms with van der Waals surface area (Å²) < 4.78 is 5.28. The quantitative estimate of drug-likeness (QED) is 0.839. The minimum Gasteiger partial charge on any atom is -0.469 e. The summed E-state index contributed by atoms with van der Waals surface area (Å²) in [5.74, 6) is 1.02. The van der Waals surface area contributed by atoms with Gasteiger partial charge in [0.25, 0.3) is 0 Å². The number of nitrogens with two attached hydrogens (primary N) is 1. The number of aromatic nitrogens is 1. The van der Waals surface area contributed by atoms with Gasteiger partial charge in [0.05, 0.1) is 12.5 Å². The molecule has 5 heteroatoms. The maximum Gasteiger partial charge on any atom is 0.184 e. The molecule has 4 nitrogen and oxygen atoms in total. The number of anilines is 2. The van der Waals surface area contributed by atoms with Gasteiger partial charge in [-0.2, -0.15) is 0 Å². The molecular weight excluding hydrogens is 222 g/mol. The van der Waals surface area contributed by atoms with Crippen LogP contribution in [0, 0.1) is 0 Å². The maximum atomic E-state index is 5.61. The summed E-state index contributed by atoms with van der Waals surface area (Å²) in [6, 6.07) is 4.26. The lowest BCUT2D eigenvalue weighted by Gasteiger charge is -2.11. The Hall–Kier alpha value is -1.49. The molecule has 0 aliphatic carbocycles. The van der Waals surface area contributed by atoms with Crippen LogP contribution in [0.2, 0.25) is 0 Å². The normalized spacial score (nSPS) is 12.6. The second kappa shape index (κ2) is 5.03. The Morgan fingerprint density at radius 3 is 3.12 bits per heavy atom. The first-order valence-electron chi connectivity index (χ1n) is 5.24. The highest BCUT2D eigenvalue weighted by atomic mass is 32.1. The van der Waals surface area contributed by atoms with Gasteiger partial charge in [-0.05, 0) is 25.5 Å². The van der Waals surface area contributed by atoms with Crippen molar-refractivity contribution in [1.82, 2.24) is 4.98 Å². The number of thiazole rings is 1. The maximum absolute atomic E-state index is 5.61. The first-order chi connectivity index (χ1) is 7.74. The highest BCUT2D eigenvalue weighted by Crippen LogP contribution is 2.21. The minimum absolute atomic E-state index is 0.357. The molecule has 0 radical (unpaired) electrons. The van der Waals surface area contributed by atoms with Gasteiger partial charge in [-0.3, -0.25) is 0 Å². The van der Waals surface area contributed by atoms with Crippen molar-refractivity contribution in [2.24, 2.45) is 0 Å². The van der Waals surface area contributed by atoms with E-state index >= 15 is 0 Å². The lowest BCUT2D eigenvalue weighted by Crippen LogP contribution is -2.15. The van der Waals surface area contributed by atoms with Gasteiger partial charge < -0.3 is 15.5 Å². The average Bonchev–Trinajstić information content (AvgIpc) is 2.87. The van der Waals surface area contributed by atoms with Crippen LogP contribution in [0.1, 0.15) is 19.1 Å². The SMILES string of the molecule is CC(CCc1ccco1)Nc1ncc(N)s1. The van der Waals surface area contributed by atoms with Crippen LogP contribution < -0.4 is 11.1 Å². The predicted molar refractivity (Wildman–Crippen MR) is 66.6 cm³/mol. The number of rotatable bonds is 5. The topological polar surface area (TPSA) is 64.1 Å². The number of aryl methyl sites for hydroxylation is 1. The summed E-state index contributed by atoms with van der Waals surface area (Å²) in [4.78, 5) is 4.16. The molecule has 0 amide bonds. The van der Waals surface area contributed by atoms with Crippen molar-refractivity contribution in [3.63, 3.8) is 0 Å². The highest BCUT2D eigenvalue weighted by Gasteiger charge is 2.06. The van der Waals surface area contributed by atoms with Crippen molar-refractivity contribution in [3.8, 4) is 0 Å². The Morgan fingerprint density at radius 2 is 2.50 bits per heavy atom. The third-order valence-corrected chi connectivity index (χ3v) is 3.06. The molecule has 0 fully saturated rings. The molecule has 3 N–H and O–H groups in total. The monoisotopic (exact) mass is 237 g/mol. The van der Waals surface area contributed by atoms with E-state index < -0.39 is 0 Å². The van der Waals surface area contributed by atoms with Crippen LogP contribution in [0.5, 0.6) is 0 Å². The molecule has 0 aromatic carbocycles. The van der Waals surface area contributed by atoms with E-state index in [0.29, 0.717) is 6.04 Å². The summed E-state index contributed by atoms with van der Waals surface area (Å²) >= 11 is 1.47. The predicted octanol–water partition coefficient (Wildman–Crippen LogP) is 2.75. The molecule has 2 rings (SSSR count). The van der Waals surface area contributed by atoms with Gasteiger partial charge in [-0.1, -0.05) is 11.3 Å². The zero-order valence-corrected chi connectivity index (χ0v) is 9.96. The summed E-state index contributed by atoms with van der Waals surface area (Å²) in [6.07, 6.45) is 5.32. The second-order valence-electron chi connectivity index (χ2n) is 3.73. The number of furan rings is 1. The molecule has 0 aliphatic heterocycles. The number of nitrogens with one attached hydrogen (secondary N) is 1. The van der Waals surface area contributed by atoms with Gasteiger partial charge in [0.1, 0.15) is 10.8 Å². The van der Waals surface area contributed by atoms with E-state index in [2.05, 4.69) is 17.2 Å². The van der Waals surface area contributed by atoms with Crippen molar-refractivity contribution >= 4 is 21.5 Å². The van der Waals surface area contributed by atoms with Crippen molar-refractivity contribution in [1.29, 1.82) is 0 Å². The van der Waals surface area contributed by atoms with Crippen LogP contribution in [-0.4, -0.2) is 11.0 Å². The second-order valence-corrected chi connectivity index (χ2v) is 4.79. The molecule has 0 saturated heterocycles. The van der Waals surface area contributed by atoms with E-state index in [4.69, 9.17) is 10.2 Å². The highest BCUT2D eigenvalue weighted by molar-refractivity contribution is 7.19. The van der Waals surface area contributed by atoms with E-state index in [0.717, 1.165) is 28.7 Å². The van der Waals surface area contributed by atoms with Gasteiger partial charge in [-0.25, -0.2) is 4.98 Å². The van der Waals surface area contributed by atoms with Crippen molar-refractivity contribution in [2.75, 3.05) is 11.1 Å². The summed E-state index contributed by atoms with van der Waals surface area (Å²) in [5.41, 5.74) is 5.61. The lowest BCUT2D eigenvalue weighted by atomic mass is 10.1. The number of hydrogen-bond acceptors (Lipinski definition) is 5. The number of nitrogen functional groups attached to an aromatic ring is 1. The van der Waals surface area contributed by atoms with E-state index in [1.165, 1.54) is 11.3 Å². The summed E-state index contributed by atoms with van der Waals surface area (Å²) in [5, 5.41) is 4.93. The van der Waals surface area contributed by atoms with Crippen molar-refractivity contribution in [3.05, 3.63) is 30.4 Å². The fourth-order valence-electron chi connectivity index (χ4n) is 1.45. The molecule has 0 bridgehead atoms. The molecule has 0 saturated carbocycles. The number of hydrogen-bond donors (Lipinski definition) is 2. The molecule has 2 aromatic rings. The van der Waals surface area contributed by atoms with Gasteiger partial charge in [0.2, 0.25) is 0 Å². The summed E-state index contributed by atoms with van der Waals surface area (Å²) in [6.45, 7) is 2.13. The first kappa shape index (κ1) is 11.0.